The van der Waals surface area contributed by atoms with Crippen LogP contribution in [0, 0.1) is 0 Å². The number of halogens is 1. The molecule has 2 rings (SSSR count). The van der Waals surface area contributed by atoms with Crippen LogP contribution in [0.4, 0.5) is 0 Å². The Morgan fingerprint density at radius 1 is 1.32 bits per heavy atom. The fraction of sp³-hybridized carbons (Fsp3) is 0.600. The van der Waals surface area contributed by atoms with E-state index in [4.69, 9.17) is 21.1 Å². The first-order valence-corrected chi connectivity index (χ1v) is 7.35. The Labute approximate surface area is 120 Å². The van der Waals surface area contributed by atoms with Crippen LogP contribution in [-0.4, -0.2) is 19.8 Å². The molecule has 0 atom stereocenters. The maximum atomic E-state index is 6.23. The zero-order valence-corrected chi connectivity index (χ0v) is 12.4. The summed E-state index contributed by atoms with van der Waals surface area (Å²) in [7, 11) is 1.61. The van der Waals surface area contributed by atoms with Crippen molar-refractivity contribution in [3.63, 3.8) is 0 Å². The second kappa shape index (κ2) is 7.01. The predicted molar refractivity (Wildman–Crippen MR) is 78.3 cm³/mol. The first-order valence-electron chi connectivity index (χ1n) is 6.97. The minimum Gasteiger partial charge on any atom is -0.491 e. The summed E-state index contributed by atoms with van der Waals surface area (Å²) < 4.78 is 10.9. The zero-order chi connectivity index (χ0) is 13.7. The molecular formula is C15H22ClNO2. The fourth-order valence-corrected chi connectivity index (χ4v) is 2.89. The Hall–Kier alpha value is -0.930. The van der Waals surface area contributed by atoms with Crippen molar-refractivity contribution >= 4 is 11.6 Å². The Kier molecular flexibility index (Phi) is 5.34. The first-order chi connectivity index (χ1) is 9.24. The van der Waals surface area contributed by atoms with Gasteiger partial charge in [0.15, 0.2) is 11.5 Å². The van der Waals surface area contributed by atoms with E-state index in [1.165, 1.54) is 25.7 Å². The molecule has 0 unspecified atom stereocenters. The summed E-state index contributed by atoms with van der Waals surface area (Å²) in [6.45, 7) is 3.39. The second-order valence-corrected chi connectivity index (χ2v) is 5.31. The summed E-state index contributed by atoms with van der Waals surface area (Å²) in [5.41, 5.74) is 1.14. The van der Waals surface area contributed by atoms with Gasteiger partial charge in [-0.3, -0.25) is 0 Å². The minimum atomic E-state index is 0.603. The molecule has 0 amide bonds. The molecule has 0 radical (unpaired) electrons. The maximum Gasteiger partial charge on any atom is 0.179 e. The van der Waals surface area contributed by atoms with E-state index >= 15 is 0 Å². The molecule has 0 aromatic heterocycles. The van der Waals surface area contributed by atoms with E-state index in [2.05, 4.69) is 5.32 Å². The quantitative estimate of drug-likeness (QED) is 0.862. The van der Waals surface area contributed by atoms with E-state index in [0.717, 1.165) is 17.9 Å². The molecule has 1 fully saturated rings. The summed E-state index contributed by atoms with van der Waals surface area (Å²) in [4.78, 5) is 0. The molecule has 3 nitrogen and oxygen atoms in total. The van der Waals surface area contributed by atoms with Crippen molar-refractivity contribution in [2.24, 2.45) is 0 Å². The monoisotopic (exact) mass is 283 g/mol. The summed E-state index contributed by atoms with van der Waals surface area (Å²) in [5, 5.41) is 4.18. The molecule has 1 aromatic rings. The van der Waals surface area contributed by atoms with Gasteiger partial charge in [0.05, 0.1) is 18.7 Å². The highest BCUT2D eigenvalue weighted by Gasteiger charge is 2.15. The maximum absolute atomic E-state index is 6.23. The highest BCUT2D eigenvalue weighted by atomic mass is 35.5. The molecule has 1 N–H and O–H groups in total. The van der Waals surface area contributed by atoms with Crippen molar-refractivity contribution in [3.8, 4) is 11.5 Å². The summed E-state index contributed by atoms with van der Waals surface area (Å²) >= 11 is 6.23. The smallest absolute Gasteiger partial charge is 0.179 e. The number of benzene rings is 1. The highest BCUT2D eigenvalue weighted by Crippen LogP contribution is 2.36. The molecule has 0 heterocycles. The van der Waals surface area contributed by atoms with Crippen LogP contribution >= 0.6 is 11.6 Å². The van der Waals surface area contributed by atoms with E-state index in [-0.39, 0.29) is 0 Å². The van der Waals surface area contributed by atoms with E-state index in [1.54, 1.807) is 7.11 Å². The SMILES string of the molecule is CCOc1cc(CNC2CCCC2)cc(Cl)c1OC. The third-order valence-corrected chi connectivity index (χ3v) is 3.80. The number of nitrogens with one attached hydrogen (secondary N) is 1. The van der Waals surface area contributed by atoms with E-state index in [1.807, 2.05) is 19.1 Å². The van der Waals surface area contributed by atoms with Gasteiger partial charge in [0.1, 0.15) is 0 Å². The van der Waals surface area contributed by atoms with Gasteiger partial charge in [0, 0.05) is 12.6 Å². The van der Waals surface area contributed by atoms with Gasteiger partial charge in [-0.15, -0.1) is 0 Å². The lowest BCUT2D eigenvalue weighted by molar-refractivity contribution is 0.310. The molecule has 1 saturated carbocycles. The van der Waals surface area contributed by atoms with Crippen molar-refractivity contribution in [3.05, 3.63) is 22.7 Å². The Morgan fingerprint density at radius 2 is 2.05 bits per heavy atom. The van der Waals surface area contributed by atoms with Crippen LogP contribution in [-0.2, 0) is 6.54 Å². The van der Waals surface area contributed by atoms with E-state index in [0.29, 0.717) is 23.4 Å². The Bertz CT molecular complexity index is 417. The van der Waals surface area contributed by atoms with Gasteiger partial charge < -0.3 is 14.8 Å². The van der Waals surface area contributed by atoms with Crippen LogP contribution in [0.25, 0.3) is 0 Å². The number of hydrogen-bond acceptors (Lipinski definition) is 3. The third kappa shape index (κ3) is 3.77. The molecule has 0 aliphatic heterocycles. The Morgan fingerprint density at radius 3 is 2.68 bits per heavy atom. The first kappa shape index (κ1) is 14.5. The molecule has 106 valence electrons. The van der Waals surface area contributed by atoms with Crippen LogP contribution in [0.3, 0.4) is 0 Å². The third-order valence-electron chi connectivity index (χ3n) is 3.52. The zero-order valence-electron chi connectivity index (χ0n) is 11.7. The van der Waals surface area contributed by atoms with Crippen LogP contribution in [0.2, 0.25) is 5.02 Å². The minimum absolute atomic E-state index is 0.603. The molecule has 1 aromatic carbocycles. The van der Waals surface area contributed by atoms with Gasteiger partial charge in [-0.25, -0.2) is 0 Å². The van der Waals surface area contributed by atoms with Gasteiger partial charge in [0.2, 0.25) is 0 Å². The molecule has 19 heavy (non-hydrogen) atoms. The average Bonchev–Trinajstić information content (AvgIpc) is 2.90. The largest absolute Gasteiger partial charge is 0.491 e. The lowest BCUT2D eigenvalue weighted by Gasteiger charge is -2.15. The van der Waals surface area contributed by atoms with E-state index in [9.17, 15) is 0 Å². The summed E-state index contributed by atoms with van der Waals surface area (Å²) in [6.07, 6.45) is 5.24. The van der Waals surface area contributed by atoms with Gasteiger partial charge in [-0.05, 0) is 37.5 Å². The number of rotatable bonds is 6. The molecule has 1 aliphatic rings. The van der Waals surface area contributed by atoms with Crippen molar-refractivity contribution < 1.29 is 9.47 Å². The van der Waals surface area contributed by atoms with Gasteiger partial charge >= 0.3 is 0 Å². The van der Waals surface area contributed by atoms with Crippen molar-refractivity contribution in [1.82, 2.24) is 5.32 Å². The van der Waals surface area contributed by atoms with Gasteiger partial charge in [0.25, 0.3) is 0 Å². The average molecular weight is 284 g/mol. The Balaban J connectivity index is 2.07. The second-order valence-electron chi connectivity index (χ2n) is 4.90. The summed E-state index contributed by atoms with van der Waals surface area (Å²) in [6, 6.07) is 4.61. The highest BCUT2D eigenvalue weighted by molar-refractivity contribution is 6.32. The standard InChI is InChI=1S/C15H22ClNO2/c1-3-19-14-9-11(8-13(16)15(14)18-2)10-17-12-6-4-5-7-12/h8-9,12,17H,3-7,10H2,1-2H3. The van der Waals surface area contributed by atoms with E-state index < -0.39 is 0 Å². The topological polar surface area (TPSA) is 30.5 Å². The number of hydrogen-bond donors (Lipinski definition) is 1. The van der Waals surface area contributed by atoms with Crippen LogP contribution < -0.4 is 14.8 Å². The lowest BCUT2D eigenvalue weighted by Crippen LogP contribution is -2.25. The molecule has 0 saturated heterocycles. The van der Waals surface area contributed by atoms with Crippen molar-refractivity contribution in [2.45, 2.75) is 45.2 Å². The van der Waals surface area contributed by atoms with Gasteiger partial charge in [-0.1, -0.05) is 24.4 Å². The molecule has 1 aliphatic carbocycles. The summed E-state index contributed by atoms with van der Waals surface area (Å²) in [5.74, 6) is 1.34. The number of methoxy groups -OCH3 is 1. The molecule has 4 heteroatoms. The predicted octanol–water partition coefficient (Wildman–Crippen LogP) is 3.78. The van der Waals surface area contributed by atoms with Crippen LogP contribution in [0.1, 0.15) is 38.2 Å². The van der Waals surface area contributed by atoms with Crippen molar-refractivity contribution in [1.29, 1.82) is 0 Å². The normalized spacial score (nSPS) is 15.7. The van der Waals surface area contributed by atoms with Gasteiger partial charge in [-0.2, -0.15) is 0 Å². The fourth-order valence-electron chi connectivity index (χ4n) is 2.58. The molecule has 0 bridgehead atoms. The molecule has 0 spiro atoms. The number of ether oxygens (including phenoxy) is 2. The molecular weight excluding hydrogens is 262 g/mol. The van der Waals surface area contributed by atoms with Crippen LogP contribution in [0.5, 0.6) is 11.5 Å². The van der Waals surface area contributed by atoms with Crippen molar-refractivity contribution in [2.75, 3.05) is 13.7 Å². The lowest BCUT2D eigenvalue weighted by atomic mass is 10.1. The van der Waals surface area contributed by atoms with Crippen LogP contribution in [0.15, 0.2) is 12.1 Å².